The third-order valence-corrected chi connectivity index (χ3v) is 4.61. The zero-order chi connectivity index (χ0) is 16.1. The molecular weight excluding hydrogens is 370 g/mol. The number of anilines is 2. The van der Waals surface area contributed by atoms with E-state index in [1.165, 1.54) is 5.56 Å². The van der Waals surface area contributed by atoms with E-state index in [1.807, 2.05) is 43.3 Å². The molecule has 1 heterocycles. The van der Waals surface area contributed by atoms with Crippen molar-refractivity contribution >= 4 is 39.2 Å². The number of nitrogens with one attached hydrogen (secondary N) is 1. The molecule has 3 rings (SSSR count). The fraction of sp³-hybridized carbons (Fsp3) is 0.111. The van der Waals surface area contributed by atoms with Crippen molar-refractivity contribution in [2.45, 2.75) is 17.8 Å². The smallest absolute Gasteiger partial charge is 0.190 e. The highest BCUT2D eigenvalue weighted by Gasteiger charge is 2.04. The Bertz CT molecular complexity index is 776. The molecule has 116 valence electrons. The molecule has 0 bridgehead atoms. The first-order valence-electron chi connectivity index (χ1n) is 7.24. The SMILES string of the molecule is Cc1cc(Nc2ccccc2)nc(SCc2ccc(Br)cc2)n1. The molecule has 0 aliphatic carbocycles. The topological polar surface area (TPSA) is 37.8 Å². The number of para-hydroxylation sites is 1. The van der Waals surface area contributed by atoms with Gasteiger partial charge in [-0.1, -0.05) is 58.0 Å². The second-order valence-corrected chi connectivity index (χ2v) is 6.94. The molecular formula is C18H16BrN3S. The Kier molecular flexibility index (Phi) is 5.31. The molecule has 0 unspecified atom stereocenters. The Morgan fingerprint density at radius 2 is 1.74 bits per heavy atom. The average molecular weight is 386 g/mol. The van der Waals surface area contributed by atoms with Gasteiger partial charge >= 0.3 is 0 Å². The standard InChI is InChI=1S/C18H16BrN3S/c1-13-11-17(21-16-5-3-2-4-6-16)22-18(20-13)23-12-14-7-9-15(19)10-8-14/h2-11H,12H2,1H3,(H,20,21,22). The fourth-order valence-corrected chi connectivity index (χ4v) is 3.19. The van der Waals surface area contributed by atoms with E-state index in [9.17, 15) is 0 Å². The molecule has 0 aliphatic rings. The molecule has 1 N–H and O–H groups in total. The van der Waals surface area contributed by atoms with E-state index in [0.29, 0.717) is 0 Å². The van der Waals surface area contributed by atoms with Crippen LogP contribution in [0.1, 0.15) is 11.3 Å². The normalized spacial score (nSPS) is 10.5. The van der Waals surface area contributed by atoms with E-state index in [1.54, 1.807) is 11.8 Å². The zero-order valence-corrected chi connectivity index (χ0v) is 15.1. The number of aromatic nitrogens is 2. The molecule has 0 fully saturated rings. The van der Waals surface area contributed by atoms with Crippen LogP contribution in [0.3, 0.4) is 0 Å². The summed E-state index contributed by atoms with van der Waals surface area (Å²) in [6, 6.07) is 20.3. The summed E-state index contributed by atoms with van der Waals surface area (Å²) in [5.74, 6) is 1.67. The van der Waals surface area contributed by atoms with Crippen molar-refractivity contribution in [3.8, 4) is 0 Å². The second kappa shape index (κ2) is 7.62. The fourth-order valence-electron chi connectivity index (χ4n) is 2.07. The summed E-state index contributed by atoms with van der Waals surface area (Å²) in [5.41, 5.74) is 3.23. The maximum absolute atomic E-state index is 4.59. The maximum Gasteiger partial charge on any atom is 0.190 e. The average Bonchev–Trinajstić information content (AvgIpc) is 2.55. The minimum Gasteiger partial charge on any atom is -0.340 e. The summed E-state index contributed by atoms with van der Waals surface area (Å²) in [6.45, 7) is 1.99. The molecule has 5 heteroatoms. The molecule has 0 saturated carbocycles. The van der Waals surface area contributed by atoms with Crippen molar-refractivity contribution in [2.75, 3.05) is 5.32 Å². The molecule has 1 aromatic heterocycles. The van der Waals surface area contributed by atoms with Gasteiger partial charge in [-0.3, -0.25) is 0 Å². The van der Waals surface area contributed by atoms with E-state index in [0.717, 1.165) is 32.6 Å². The number of benzene rings is 2. The summed E-state index contributed by atoms with van der Waals surface area (Å²) in [5, 5.41) is 4.10. The highest BCUT2D eigenvalue weighted by Crippen LogP contribution is 2.23. The van der Waals surface area contributed by atoms with Crippen molar-refractivity contribution in [1.82, 2.24) is 9.97 Å². The summed E-state index contributed by atoms with van der Waals surface area (Å²) >= 11 is 5.09. The van der Waals surface area contributed by atoms with E-state index < -0.39 is 0 Å². The number of aryl methyl sites for hydroxylation is 1. The van der Waals surface area contributed by atoms with E-state index >= 15 is 0 Å². The van der Waals surface area contributed by atoms with Crippen LogP contribution in [0.5, 0.6) is 0 Å². The lowest BCUT2D eigenvalue weighted by Crippen LogP contribution is -1.98. The minimum atomic E-state index is 0.784. The van der Waals surface area contributed by atoms with E-state index in [4.69, 9.17) is 0 Å². The molecule has 3 nitrogen and oxygen atoms in total. The Labute approximate surface area is 148 Å². The zero-order valence-electron chi connectivity index (χ0n) is 12.7. The summed E-state index contributed by atoms with van der Waals surface area (Å²) < 4.78 is 1.09. The highest BCUT2D eigenvalue weighted by atomic mass is 79.9. The van der Waals surface area contributed by atoms with Crippen LogP contribution in [0.4, 0.5) is 11.5 Å². The molecule has 0 atom stereocenters. The monoisotopic (exact) mass is 385 g/mol. The molecule has 0 spiro atoms. The first-order chi connectivity index (χ1) is 11.2. The molecule has 0 saturated heterocycles. The lowest BCUT2D eigenvalue weighted by Gasteiger charge is -2.08. The molecule has 0 radical (unpaired) electrons. The number of hydrogen-bond acceptors (Lipinski definition) is 4. The third kappa shape index (κ3) is 4.81. The van der Waals surface area contributed by atoms with Crippen LogP contribution in [-0.2, 0) is 5.75 Å². The van der Waals surface area contributed by atoms with Gasteiger partial charge in [-0.15, -0.1) is 0 Å². The van der Waals surface area contributed by atoms with Gasteiger partial charge in [0, 0.05) is 27.7 Å². The van der Waals surface area contributed by atoms with Crippen LogP contribution in [0, 0.1) is 6.92 Å². The third-order valence-electron chi connectivity index (χ3n) is 3.16. The van der Waals surface area contributed by atoms with Crippen LogP contribution in [0.2, 0.25) is 0 Å². The largest absolute Gasteiger partial charge is 0.340 e. The van der Waals surface area contributed by atoms with Gasteiger partial charge in [0.05, 0.1) is 0 Å². The number of halogens is 1. The van der Waals surface area contributed by atoms with Gasteiger partial charge in [-0.05, 0) is 36.8 Å². The molecule has 23 heavy (non-hydrogen) atoms. The summed E-state index contributed by atoms with van der Waals surface area (Å²) in [6.07, 6.45) is 0. The van der Waals surface area contributed by atoms with Crippen molar-refractivity contribution in [1.29, 1.82) is 0 Å². The van der Waals surface area contributed by atoms with Crippen molar-refractivity contribution in [2.24, 2.45) is 0 Å². The van der Waals surface area contributed by atoms with Crippen LogP contribution in [0.15, 0.2) is 70.3 Å². The predicted molar refractivity (Wildman–Crippen MR) is 100 cm³/mol. The number of thioether (sulfide) groups is 1. The number of hydrogen-bond donors (Lipinski definition) is 1. The van der Waals surface area contributed by atoms with E-state index in [-0.39, 0.29) is 0 Å². The van der Waals surface area contributed by atoms with Crippen molar-refractivity contribution < 1.29 is 0 Å². The van der Waals surface area contributed by atoms with Crippen LogP contribution >= 0.6 is 27.7 Å². The van der Waals surface area contributed by atoms with Gasteiger partial charge in [-0.2, -0.15) is 0 Å². The van der Waals surface area contributed by atoms with Gasteiger partial charge in [0.25, 0.3) is 0 Å². The van der Waals surface area contributed by atoms with Gasteiger partial charge in [-0.25, -0.2) is 9.97 Å². The highest BCUT2D eigenvalue weighted by molar-refractivity contribution is 9.10. The number of nitrogens with zero attached hydrogens (tertiary/aromatic N) is 2. The molecule has 0 amide bonds. The lowest BCUT2D eigenvalue weighted by molar-refractivity contribution is 0.937. The maximum atomic E-state index is 4.59. The quantitative estimate of drug-likeness (QED) is 0.459. The lowest BCUT2D eigenvalue weighted by atomic mass is 10.2. The second-order valence-electron chi connectivity index (χ2n) is 5.08. The Hall–Kier alpha value is -1.85. The van der Waals surface area contributed by atoms with Gasteiger partial charge in [0.15, 0.2) is 5.16 Å². The van der Waals surface area contributed by atoms with Crippen LogP contribution in [0.25, 0.3) is 0 Å². The minimum absolute atomic E-state index is 0.784. The van der Waals surface area contributed by atoms with Gasteiger partial charge < -0.3 is 5.32 Å². The predicted octanol–water partition coefficient (Wildman–Crippen LogP) is 5.58. The molecule has 3 aromatic rings. The summed E-state index contributed by atoms with van der Waals surface area (Å²) in [7, 11) is 0. The summed E-state index contributed by atoms with van der Waals surface area (Å²) in [4.78, 5) is 9.10. The molecule has 2 aromatic carbocycles. The van der Waals surface area contributed by atoms with Crippen LogP contribution in [-0.4, -0.2) is 9.97 Å². The van der Waals surface area contributed by atoms with Crippen molar-refractivity contribution in [3.63, 3.8) is 0 Å². The van der Waals surface area contributed by atoms with Crippen LogP contribution < -0.4 is 5.32 Å². The van der Waals surface area contributed by atoms with Crippen molar-refractivity contribution in [3.05, 3.63) is 76.4 Å². The first-order valence-corrected chi connectivity index (χ1v) is 9.02. The van der Waals surface area contributed by atoms with E-state index in [2.05, 4.69) is 55.5 Å². The van der Waals surface area contributed by atoms with Gasteiger partial charge in [0.2, 0.25) is 0 Å². The number of rotatable bonds is 5. The first kappa shape index (κ1) is 16.0. The Balaban J connectivity index is 1.71. The van der Waals surface area contributed by atoms with Gasteiger partial charge in [0.1, 0.15) is 5.82 Å². The Morgan fingerprint density at radius 3 is 2.48 bits per heavy atom. The molecule has 0 aliphatic heterocycles. The Morgan fingerprint density at radius 1 is 1.00 bits per heavy atom.